The molecule has 32 heavy (non-hydrogen) atoms. The molecule has 1 aliphatic heterocycles. The van der Waals surface area contributed by atoms with Gasteiger partial charge in [0.05, 0.1) is 9.79 Å². The summed E-state index contributed by atoms with van der Waals surface area (Å²) in [5.74, 6) is -0.133. The maximum Gasteiger partial charge on any atom is 0.262 e. The lowest BCUT2D eigenvalue weighted by Crippen LogP contribution is -2.35. The fourth-order valence-corrected chi connectivity index (χ4v) is 5.90. The van der Waals surface area contributed by atoms with Crippen molar-refractivity contribution in [2.75, 3.05) is 32.1 Å². The molecule has 0 spiro atoms. The summed E-state index contributed by atoms with van der Waals surface area (Å²) in [7, 11) is -5.86. The maximum absolute atomic E-state index is 12.7. The van der Waals surface area contributed by atoms with E-state index in [1.807, 2.05) is 0 Å². The van der Waals surface area contributed by atoms with Crippen LogP contribution in [0.1, 0.15) is 24.8 Å². The normalized spacial score (nSPS) is 15.3. The number of benzene rings is 2. The summed E-state index contributed by atoms with van der Waals surface area (Å²) in [5.41, 5.74) is 0.870. The number of hydrogen-bond acceptors (Lipinski definition) is 6. The predicted molar refractivity (Wildman–Crippen MR) is 121 cm³/mol. The van der Waals surface area contributed by atoms with E-state index in [1.165, 1.54) is 41.7 Å². The van der Waals surface area contributed by atoms with Crippen molar-refractivity contribution in [3.63, 3.8) is 0 Å². The highest BCUT2D eigenvalue weighted by atomic mass is 32.2. The molecular formula is C21H27N3O6S2. The zero-order valence-corrected chi connectivity index (χ0v) is 19.6. The third-order valence-electron chi connectivity index (χ3n) is 5.18. The van der Waals surface area contributed by atoms with Crippen molar-refractivity contribution in [2.45, 2.75) is 36.0 Å². The maximum atomic E-state index is 12.7. The lowest BCUT2D eigenvalue weighted by Gasteiger charge is -2.25. The van der Waals surface area contributed by atoms with E-state index < -0.39 is 26.0 Å². The van der Waals surface area contributed by atoms with Gasteiger partial charge in [0.2, 0.25) is 20.0 Å². The molecule has 1 amide bonds. The molecule has 174 valence electrons. The minimum atomic E-state index is -3.65. The van der Waals surface area contributed by atoms with Crippen LogP contribution >= 0.6 is 0 Å². The van der Waals surface area contributed by atoms with Crippen LogP contribution in [0, 0.1) is 6.92 Å². The quantitative estimate of drug-likeness (QED) is 0.595. The van der Waals surface area contributed by atoms with Gasteiger partial charge in [0.1, 0.15) is 5.75 Å². The molecule has 1 saturated heterocycles. The first-order chi connectivity index (χ1) is 15.1. The first-order valence-corrected chi connectivity index (χ1v) is 13.1. The third-order valence-corrected chi connectivity index (χ3v) is 8.65. The molecule has 0 atom stereocenters. The van der Waals surface area contributed by atoms with Crippen LogP contribution in [-0.2, 0) is 24.8 Å². The molecule has 0 radical (unpaired) electrons. The van der Waals surface area contributed by atoms with Crippen molar-refractivity contribution in [3.8, 4) is 5.75 Å². The predicted octanol–water partition coefficient (Wildman–Crippen LogP) is 2.10. The Morgan fingerprint density at radius 1 is 1.00 bits per heavy atom. The van der Waals surface area contributed by atoms with Gasteiger partial charge in [-0.2, -0.15) is 4.31 Å². The summed E-state index contributed by atoms with van der Waals surface area (Å²) in [4.78, 5) is 12.5. The lowest BCUT2D eigenvalue weighted by molar-refractivity contribution is -0.118. The summed E-state index contributed by atoms with van der Waals surface area (Å²) >= 11 is 0. The van der Waals surface area contributed by atoms with Gasteiger partial charge in [0.15, 0.2) is 6.61 Å². The average molecular weight is 482 g/mol. The smallest absolute Gasteiger partial charge is 0.262 e. The largest absolute Gasteiger partial charge is 0.484 e. The number of piperidine rings is 1. The number of carbonyl (C=O) groups is 1. The number of carbonyl (C=O) groups excluding carboxylic acids is 1. The fraction of sp³-hybridized carbons (Fsp3) is 0.381. The summed E-state index contributed by atoms with van der Waals surface area (Å²) in [6.07, 6.45) is 2.76. The molecule has 1 heterocycles. The highest BCUT2D eigenvalue weighted by molar-refractivity contribution is 7.89. The van der Waals surface area contributed by atoms with Crippen LogP contribution < -0.4 is 14.8 Å². The van der Waals surface area contributed by atoms with Crippen molar-refractivity contribution in [2.24, 2.45) is 0 Å². The van der Waals surface area contributed by atoms with Crippen molar-refractivity contribution < 1.29 is 26.4 Å². The number of rotatable bonds is 8. The van der Waals surface area contributed by atoms with Gasteiger partial charge in [-0.15, -0.1) is 0 Å². The molecule has 0 saturated carbocycles. The van der Waals surface area contributed by atoms with E-state index in [0.29, 0.717) is 30.1 Å². The second kappa shape index (κ2) is 9.99. The number of nitrogens with zero attached hydrogens (tertiary/aromatic N) is 1. The molecule has 2 N–H and O–H groups in total. The van der Waals surface area contributed by atoms with E-state index in [2.05, 4.69) is 10.0 Å². The van der Waals surface area contributed by atoms with E-state index in [4.69, 9.17) is 4.74 Å². The van der Waals surface area contributed by atoms with Crippen LogP contribution in [-0.4, -0.2) is 53.8 Å². The standard InChI is InChI=1S/C21H27N3O6S2/c1-16-6-7-17(14-20(16)31(26,27)22-2)23-21(25)15-30-18-8-10-19(11-9-18)32(28,29)24-12-4-3-5-13-24/h6-11,14,22H,3-5,12-13,15H2,1-2H3,(H,23,25). The van der Waals surface area contributed by atoms with E-state index >= 15 is 0 Å². The minimum Gasteiger partial charge on any atom is -0.484 e. The molecule has 1 aliphatic rings. The molecule has 2 aromatic rings. The molecule has 0 aromatic heterocycles. The fourth-order valence-electron chi connectivity index (χ4n) is 3.39. The molecule has 0 unspecified atom stereocenters. The second-order valence-electron chi connectivity index (χ2n) is 7.46. The summed E-state index contributed by atoms with van der Waals surface area (Å²) in [5, 5.41) is 2.60. The van der Waals surface area contributed by atoms with Crippen molar-refractivity contribution in [1.29, 1.82) is 0 Å². The van der Waals surface area contributed by atoms with Gasteiger partial charge >= 0.3 is 0 Å². The topological polar surface area (TPSA) is 122 Å². The van der Waals surface area contributed by atoms with Crippen molar-refractivity contribution >= 4 is 31.6 Å². The SMILES string of the molecule is CNS(=O)(=O)c1cc(NC(=O)COc2ccc(S(=O)(=O)N3CCCCC3)cc2)ccc1C. The minimum absolute atomic E-state index is 0.0734. The lowest BCUT2D eigenvalue weighted by atomic mass is 10.2. The van der Waals surface area contributed by atoms with Crippen LogP contribution in [0.4, 0.5) is 5.69 Å². The molecule has 1 fully saturated rings. The van der Waals surface area contributed by atoms with Crippen LogP contribution in [0.15, 0.2) is 52.3 Å². The average Bonchev–Trinajstić information content (AvgIpc) is 2.79. The Labute approximate surface area is 188 Å². The Morgan fingerprint density at radius 3 is 2.28 bits per heavy atom. The number of amides is 1. The Hall–Kier alpha value is -2.47. The van der Waals surface area contributed by atoms with E-state index in [0.717, 1.165) is 19.3 Å². The Balaban J connectivity index is 1.60. The van der Waals surface area contributed by atoms with Gasteiger partial charge in [-0.1, -0.05) is 12.5 Å². The third kappa shape index (κ3) is 5.66. The van der Waals surface area contributed by atoms with E-state index in [1.54, 1.807) is 19.1 Å². The molecule has 0 bridgehead atoms. The van der Waals surface area contributed by atoms with Gasteiger partial charge in [-0.25, -0.2) is 21.6 Å². The molecule has 0 aliphatic carbocycles. The van der Waals surface area contributed by atoms with E-state index in [-0.39, 0.29) is 16.4 Å². The molecule has 2 aromatic carbocycles. The number of ether oxygens (including phenoxy) is 1. The zero-order valence-electron chi connectivity index (χ0n) is 18.0. The first kappa shape index (κ1) is 24.2. The van der Waals surface area contributed by atoms with Crippen molar-refractivity contribution in [1.82, 2.24) is 9.03 Å². The Bertz CT molecular complexity index is 1170. The van der Waals surface area contributed by atoms with Gasteiger partial charge in [-0.3, -0.25) is 4.79 Å². The van der Waals surface area contributed by atoms with E-state index in [9.17, 15) is 21.6 Å². The number of nitrogens with one attached hydrogen (secondary N) is 2. The highest BCUT2D eigenvalue weighted by Crippen LogP contribution is 2.23. The second-order valence-corrected chi connectivity index (χ2v) is 11.3. The van der Waals surface area contributed by atoms with Crippen molar-refractivity contribution in [3.05, 3.63) is 48.0 Å². The first-order valence-electron chi connectivity index (χ1n) is 10.2. The zero-order chi connectivity index (χ0) is 23.4. The summed E-state index contributed by atoms with van der Waals surface area (Å²) in [6.45, 7) is 2.39. The van der Waals surface area contributed by atoms with Crippen LogP contribution in [0.3, 0.4) is 0 Å². The Kier molecular flexibility index (Phi) is 7.55. The summed E-state index contributed by atoms with van der Waals surface area (Å²) in [6, 6.07) is 10.5. The van der Waals surface area contributed by atoms with Crippen LogP contribution in [0.2, 0.25) is 0 Å². The number of anilines is 1. The van der Waals surface area contributed by atoms with Gasteiger partial charge in [-0.05, 0) is 68.8 Å². The molecule has 11 heteroatoms. The van der Waals surface area contributed by atoms with Gasteiger partial charge < -0.3 is 10.1 Å². The van der Waals surface area contributed by atoms with Crippen LogP contribution in [0.25, 0.3) is 0 Å². The molecule has 3 rings (SSSR count). The van der Waals surface area contributed by atoms with Gasteiger partial charge in [0, 0.05) is 18.8 Å². The highest BCUT2D eigenvalue weighted by Gasteiger charge is 2.25. The summed E-state index contributed by atoms with van der Waals surface area (Å²) < 4.78 is 58.7. The Morgan fingerprint density at radius 2 is 1.66 bits per heavy atom. The number of hydrogen-bond donors (Lipinski definition) is 2. The molecule has 9 nitrogen and oxygen atoms in total. The number of aryl methyl sites for hydroxylation is 1. The number of sulfonamides is 2. The van der Waals surface area contributed by atoms with Crippen LogP contribution in [0.5, 0.6) is 5.75 Å². The molecular weight excluding hydrogens is 454 g/mol. The van der Waals surface area contributed by atoms with Gasteiger partial charge in [0.25, 0.3) is 5.91 Å². The monoisotopic (exact) mass is 481 g/mol.